The van der Waals surface area contributed by atoms with Crippen molar-refractivity contribution in [2.24, 2.45) is 0 Å². The third-order valence-electron chi connectivity index (χ3n) is 4.36. The maximum atomic E-state index is 12.4. The van der Waals surface area contributed by atoms with Gasteiger partial charge < -0.3 is 14.7 Å². The van der Waals surface area contributed by atoms with E-state index in [1.54, 1.807) is 0 Å². The van der Waals surface area contributed by atoms with E-state index in [4.69, 9.17) is 5.11 Å². The summed E-state index contributed by atoms with van der Waals surface area (Å²) in [5.41, 5.74) is -1.79. The molecule has 1 unspecified atom stereocenters. The van der Waals surface area contributed by atoms with Crippen molar-refractivity contribution in [3.05, 3.63) is 12.2 Å². The fraction of sp³-hybridized carbons (Fsp3) is 0.810. The molecule has 0 radical (unpaired) electrons. The number of carboxylic acids is 1. The third-order valence-corrected chi connectivity index (χ3v) is 4.36. The van der Waals surface area contributed by atoms with E-state index in [-0.39, 0.29) is 18.7 Å². The van der Waals surface area contributed by atoms with Gasteiger partial charge in [0.15, 0.2) is 11.4 Å². The molecule has 1 atom stereocenters. The lowest BCUT2D eigenvalue weighted by atomic mass is 9.90. The van der Waals surface area contributed by atoms with Gasteiger partial charge >= 0.3 is 5.97 Å². The molecule has 0 aromatic heterocycles. The number of hydrogen-bond acceptors (Lipinski definition) is 3. The number of rotatable bonds is 16. The van der Waals surface area contributed by atoms with E-state index in [0.717, 1.165) is 12.8 Å². The second kappa shape index (κ2) is 13.0. The summed E-state index contributed by atoms with van der Waals surface area (Å²) in [5, 5.41) is 19.6. The second-order valence-corrected chi connectivity index (χ2v) is 8.39. The number of likely N-dealkylation sites (N-methyl/N-ethyl adjacent to an activating group) is 1. The molecule has 0 aliphatic carbocycles. The van der Waals surface area contributed by atoms with Gasteiger partial charge in [-0.25, -0.2) is 0 Å². The van der Waals surface area contributed by atoms with Gasteiger partial charge in [-0.2, -0.15) is 0 Å². The number of Topliss-reactive ketones (excluding diaryl/α,β-unsaturated/α-hetero) is 1. The van der Waals surface area contributed by atoms with Crippen LogP contribution in [0, 0.1) is 0 Å². The molecule has 0 bridgehead atoms. The fourth-order valence-corrected chi connectivity index (χ4v) is 3.17. The van der Waals surface area contributed by atoms with Crippen LogP contribution in [0.15, 0.2) is 12.2 Å². The molecule has 0 aromatic carbocycles. The topological polar surface area (TPSA) is 74.6 Å². The maximum Gasteiger partial charge on any atom is 0.306 e. The summed E-state index contributed by atoms with van der Waals surface area (Å²) in [6.07, 6.45) is 14.2. The Balaban J connectivity index is 4.12. The molecule has 5 nitrogen and oxygen atoms in total. The van der Waals surface area contributed by atoms with Gasteiger partial charge in [-0.05, 0) is 25.7 Å². The number of nitrogens with zero attached hydrogens (tertiary/aromatic N) is 1. The standard InChI is InChI=1S/C21H39NO4/c1-5-6-7-8-9-10-11-12-13-14-15-16-19(23)21(26,17-20(24)25)18-22(2,3)4/h12-13,26H,5-11,14-18H2,1-4H3/p+1/b13-12-. The number of carbonyl (C=O) groups is 2. The number of carbonyl (C=O) groups excluding carboxylic acids is 1. The molecule has 0 spiro atoms. The molecule has 5 heteroatoms. The number of carboxylic acid groups (broad SMARTS) is 1. The minimum absolute atomic E-state index is 0.103. The largest absolute Gasteiger partial charge is 0.481 e. The summed E-state index contributed by atoms with van der Waals surface area (Å²) in [4.78, 5) is 23.4. The Morgan fingerprint density at radius 1 is 0.923 bits per heavy atom. The SMILES string of the molecule is CCCCCCCC/C=C\CCCC(=O)C(O)(CC(=O)O)C[N+](C)(C)C. The molecule has 0 amide bonds. The monoisotopic (exact) mass is 370 g/mol. The van der Waals surface area contributed by atoms with E-state index in [0.29, 0.717) is 10.9 Å². The highest BCUT2D eigenvalue weighted by atomic mass is 16.4. The van der Waals surface area contributed by atoms with E-state index in [9.17, 15) is 14.7 Å². The number of quaternary nitrogens is 1. The maximum absolute atomic E-state index is 12.4. The second-order valence-electron chi connectivity index (χ2n) is 8.39. The lowest BCUT2D eigenvalue weighted by molar-refractivity contribution is -0.875. The summed E-state index contributed by atoms with van der Waals surface area (Å²) >= 11 is 0. The van der Waals surface area contributed by atoms with Crippen LogP contribution in [0.2, 0.25) is 0 Å². The molecule has 0 saturated heterocycles. The first-order valence-electron chi connectivity index (χ1n) is 10.0. The molecule has 0 saturated carbocycles. The van der Waals surface area contributed by atoms with Crippen LogP contribution in [-0.2, 0) is 9.59 Å². The van der Waals surface area contributed by atoms with Gasteiger partial charge in [0, 0.05) is 6.42 Å². The van der Waals surface area contributed by atoms with Gasteiger partial charge in [-0.1, -0.05) is 51.2 Å². The van der Waals surface area contributed by atoms with Crippen molar-refractivity contribution < 1.29 is 24.3 Å². The normalized spacial score (nSPS) is 14.5. The lowest BCUT2D eigenvalue weighted by Crippen LogP contribution is -2.54. The van der Waals surface area contributed by atoms with Crippen molar-refractivity contribution in [1.29, 1.82) is 0 Å². The predicted molar refractivity (Wildman–Crippen MR) is 106 cm³/mol. The molecule has 0 rings (SSSR count). The molecule has 2 N–H and O–H groups in total. The van der Waals surface area contributed by atoms with E-state index >= 15 is 0 Å². The van der Waals surface area contributed by atoms with Crippen molar-refractivity contribution in [2.75, 3.05) is 27.7 Å². The minimum atomic E-state index is -1.79. The van der Waals surface area contributed by atoms with Crippen molar-refractivity contribution in [3.8, 4) is 0 Å². The van der Waals surface area contributed by atoms with Crippen molar-refractivity contribution in [3.63, 3.8) is 0 Å². The number of hydrogen-bond donors (Lipinski definition) is 2. The Kier molecular flexibility index (Phi) is 12.4. The van der Waals surface area contributed by atoms with Crippen molar-refractivity contribution >= 4 is 11.8 Å². The summed E-state index contributed by atoms with van der Waals surface area (Å²) < 4.78 is 0.341. The van der Waals surface area contributed by atoms with Gasteiger partial charge in [0.25, 0.3) is 0 Å². The Morgan fingerprint density at radius 3 is 2.00 bits per heavy atom. The highest BCUT2D eigenvalue weighted by molar-refractivity contribution is 5.91. The lowest BCUT2D eigenvalue weighted by Gasteiger charge is -2.33. The van der Waals surface area contributed by atoms with E-state index in [2.05, 4.69) is 19.1 Å². The Hall–Kier alpha value is -1.20. The van der Waals surface area contributed by atoms with Crippen LogP contribution in [0.5, 0.6) is 0 Å². The Morgan fingerprint density at radius 2 is 1.46 bits per heavy atom. The first-order chi connectivity index (χ1) is 12.1. The van der Waals surface area contributed by atoms with Gasteiger partial charge in [0.2, 0.25) is 0 Å². The average molecular weight is 371 g/mol. The first-order valence-corrected chi connectivity index (χ1v) is 10.0. The zero-order chi connectivity index (χ0) is 20.1. The Labute approximate surface area is 159 Å². The summed E-state index contributed by atoms with van der Waals surface area (Å²) in [7, 11) is 5.52. The first kappa shape index (κ1) is 24.8. The minimum Gasteiger partial charge on any atom is -0.481 e. The van der Waals surface area contributed by atoms with Crippen LogP contribution in [0.4, 0.5) is 0 Å². The summed E-state index contributed by atoms with van der Waals surface area (Å²) in [6, 6.07) is 0. The van der Waals surface area contributed by atoms with Crippen LogP contribution in [0.1, 0.15) is 77.6 Å². The zero-order valence-electron chi connectivity index (χ0n) is 17.3. The highest BCUT2D eigenvalue weighted by Crippen LogP contribution is 2.19. The van der Waals surface area contributed by atoms with Crippen LogP contribution < -0.4 is 0 Å². The van der Waals surface area contributed by atoms with Crippen LogP contribution in [0.3, 0.4) is 0 Å². The Bertz CT molecular complexity index is 440. The van der Waals surface area contributed by atoms with Crippen LogP contribution in [-0.4, -0.2) is 59.7 Å². The number of aliphatic carboxylic acids is 1. The quantitative estimate of drug-likeness (QED) is 0.245. The van der Waals surface area contributed by atoms with Crippen LogP contribution in [0.25, 0.3) is 0 Å². The molecule has 152 valence electrons. The molecule has 0 fully saturated rings. The molecular weight excluding hydrogens is 330 g/mol. The summed E-state index contributed by atoms with van der Waals surface area (Å²) in [5.74, 6) is -1.51. The van der Waals surface area contributed by atoms with Crippen LogP contribution >= 0.6 is 0 Å². The summed E-state index contributed by atoms with van der Waals surface area (Å²) in [6.45, 7) is 2.32. The smallest absolute Gasteiger partial charge is 0.306 e. The van der Waals surface area contributed by atoms with E-state index < -0.39 is 18.0 Å². The molecule has 0 heterocycles. The van der Waals surface area contributed by atoms with E-state index in [1.165, 1.54) is 38.5 Å². The van der Waals surface area contributed by atoms with Gasteiger partial charge in [0.05, 0.1) is 27.6 Å². The predicted octanol–water partition coefficient (Wildman–Crippen LogP) is 3.94. The molecule has 0 aliphatic rings. The fourth-order valence-electron chi connectivity index (χ4n) is 3.17. The van der Waals surface area contributed by atoms with Crippen molar-refractivity contribution in [1.82, 2.24) is 0 Å². The molecule has 0 aromatic rings. The van der Waals surface area contributed by atoms with Crippen molar-refractivity contribution in [2.45, 2.75) is 83.2 Å². The number of aliphatic hydroxyl groups is 1. The third kappa shape index (κ3) is 13.1. The van der Waals surface area contributed by atoms with Gasteiger partial charge in [0.1, 0.15) is 6.54 Å². The van der Waals surface area contributed by atoms with Gasteiger partial charge in [-0.3, -0.25) is 9.59 Å². The highest BCUT2D eigenvalue weighted by Gasteiger charge is 2.42. The van der Waals surface area contributed by atoms with E-state index in [1.807, 2.05) is 21.1 Å². The number of unbranched alkanes of at least 4 members (excludes halogenated alkanes) is 7. The van der Waals surface area contributed by atoms with Gasteiger partial charge in [-0.15, -0.1) is 0 Å². The molecular formula is C21H40NO4+. The average Bonchev–Trinajstić information content (AvgIpc) is 2.49. The zero-order valence-corrected chi connectivity index (χ0v) is 17.3. The number of allylic oxidation sites excluding steroid dienone is 2. The molecule has 26 heavy (non-hydrogen) atoms. The molecule has 0 aliphatic heterocycles. The number of ketones is 1.